The number of hydrogen-bond acceptors (Lipinski definition) is 7. The molecule has 1 fully saturated rings. The van der Waals surface area contributed by atoms with Crippen LogP contribution in [0.2, 0.25) is 0 Å². The van der Waals surface area contributed by atoms with Crippen LogP contribution in [0.1, 0.15) is 28.3 Å². The minimum Gasteiger partial charge on any atom is -0.507 e. The van der Waals surface area contributed by atoms with Gasteiger partial charge in [0.15, 0.2) is 5.13 Å². The first kappa shape index (κ1) is 22.4. The number of aromatic nitrogens is 1. The lowest BCUT2D eigenvalue weighted by molar-refractivity contribution is -0.384. The molecule has 8 nitrogen and oxygen atoms in total. The summed E-state index contributed by atoms with van der Waals surface area (Å²) in [6.45, 7) is 3.85. The summed E-state index contributed by atoms with van der Waals surface area (Å²) in [4.78, 5) is 43.0. The molecule has 1 aliphatic heterocycles. The quantitative estimate of drug-likeness (QED) is 0.135. The Morgan fingerprint density at radius 1 is 1.00 bits per heavy atom. The van der Waals surface area contributed by atoms with Crippen LogP contribution < -0.4 is 4.90 Å². The lowest BCUT2D eigenvalue weighted by atomic mass is 9.95. The molecule has 4 aromatic rings. The number of anilines is 1. The highest BCUT2D eigenvalue weighted by molar-refractivity contribution is 7.22. The van der Waals surface area contributed by atoms with Crippen molar-refractivity contribution < 1.29 is 19.6 Å². The maximum atomic E-state index is 13.3. The van der Waals surface area contributed by atoms with Crippen molar-refractivity contribution in [1.29, 1.82) is 0 Å². The second-order valence-electron chi connectivity index (χ2n) is 8.35. The van der Waals surface area contributed by atoms with Gasteiger partial charge in [0.25, 0.3) is 11.5 Å². The first-order valence-electron chi connectivity index (χ1n) is 10.7. The van der Waals surface area contributed by atoms with Crippen LogP contribution in [0.3, 0.4) is 0 Å². The molecule has 5 rings (SSSR count). The van der Waals surface area contributed by atoms with Crippen LogP contribution in [0.25, 0.3) is 16.0 Å². The van der Waals surface area contributed by atoms with E-state index in [1.165, 1.54) is 40.5 Å². The van der Waals surface area contributed by atoms with Gasteiger partial charge in [-0.3, -0.25) is 24.6 Å². The Hall–Kier alpha value is -4.37. The molecule has 0 spiro atoms. The van der Waals surface area contributed by atoms with Crippen molar-refractivity contribution in [2.75, 3.05) is 4.90 Å². The van der Waals surface area contributed by atoms with Gasteiger partial charge in [0.1, 0.15) is 5.76 Å². The summed E-state index contributed by atoms with van der Waals surface area (Å²) < 4.78 is 0.850. The number of aliphatic hydroxyl groups excluding tert-OH is 1. The third-order valence-electron chi connectivity index (χ3n) is 5.93. The number of ketones is 1. The number of fused-ring (bicyclic) bond motifs is 1. The lowest BCUT2D eigenvalue weighted by Gasteiger charge is -2.22. The van der Waals surface area contributed by atoms with E-state index in [2.05, 4.69) is 4.98 Å². The van der Waals surface area contributed by atoms with Gasteiger partial charge in [0, 0.05) is 17.7 Å². The summed E-state index contributed by atoms with van der Waals surface area (Å²) >= 11 is 1.26. The second-order valence-corrected chi connectivity index (χ2v) is 9.36. The van der Waals surface area contributed by atoms with Crippen molar-refractivity contribution in [2.24, 2.45) is 0 Å². The normalized spacial score (nSPS) is 17.3. The number of nitro groups is 1. The van der Waals surface area contributed by atoms with Crippen molar-refractivity contribution in [3.8, 4) is 0 Å². The largest absolute Gasteiger partial charge is 0.507 e. The third kappa shape index (κ3) is 3.85. The Bertz CT molecular complexity index is 1540. The van der Waals surface area contributed by atoms with Gasteiger partial charge in [-0.2, -0.15) is 0 Å². The Kier molecular flexibility index (Phi) is 5.41. The molecule has 1 atom stereocenters. The molecule has 1 aromatic heterocycles. The van der Waals surface area contributed by atoms with Crippen molar-refractivity contribution in [1.82, 2.24) is 4.98 Å². The zero-order valence-corrected chi connectivity index (χ0v) is 19.6. The number of nitrogens with zero attached hydrogens (tertiary/aromatic N) is 3. The fraction of sp³-hybridized carbons (Fsp3) is 0.115. The van der Waals surface area contributed by atoms with Gasteiger partial charge in [-0.1, -0.05) is 47.2 Å². The number of Topliss-reactive ketones (excluding diaryl/α,β-unsaturated/α-hetero) is 1. The standard InChI is InChI=1S/C26H19N3O5S/c1-14-3-6-17(7-4-14)23(30)21-22(16-8-10-18(11-9-16)29(33)34)28(25(32)24(21)31)26-27-19-12-5-15(2)13-20(19)35-26/h3-13,22,30H,1-2H3/b23-21+/t22-/m1/s1. The highest BCUT2D eigenvalue weighted by Gasteiger charge is 2.48. The van der Waals surface area contributed by atoms with E-state index in [1.807, 2.05) is 32.0 Å². The van der Waals surface area contributed by atoms with Gasteiger partial charge in [-0.25, -0.2) is 4.98 Å². The van der Waals surface area contributed by atoms with E-state index >= 15 is 0 Å². The maximum Gasteiger partial charge on any atom is 0.301 e. The number of rotatable bonds is 4. The molecule has 1 N–H and O–H groups in total. The molecular weight excluding hydrogens is 466 g/mol. The minimum absolute atomic E-state index is 0.0943. The van der Waals surface area contributed by atoms with Crippen LogP contribution in [0.15, 0.2) is 72.3 Å². The van der Waals surface area contributed by atoms with Crippen molar-refractivity contribution in [3.05, 3.63) is 105 Å². The van der Waals surface area contributed by atoms with Crippen LogP contribution in [0, 0.1) is 24.0 Å². The molecular formula is C26H19N3O5S. The van der Waals surface area contributed by atoms with Gasteiger partial charge in [0.2, 0.25) is 0 Å². The third-order valence-corrected chi connectivity index (χ3v) is 6.95. The Morgan fingerprint density at radius 2 is 1.66 bits per heavy atom. The van der Waals surface area contributed by atoms with E-state index in [-0.39, 0.29) is 17.0 Å². The average molecular weight is 486 g/mol. The van der Waals surface area contributed by atoms with Crippen LogP contribution in [0.5, 0.6) is 0 Å². The molecule has 9 heteroatoms. The summed E-state index contributed by atoms with van der Waals surface area (Å²) in [5.74, 6) is -1.98. The monoisotopic (exact) mass is 485 g/mol. The number of carbonyl (C=O) groups excluding carboxylic acids is 2. The maximum absolute atomic E-state index is 13.3. The number of benzene rings is 3. The lowest BCUT2D eigenvalue weighted by Crippen LogP contribution is -2.29. The van der Waals surface area contributed by atoms with E-state index < -0.39 is 22.7 Å². The summed E-state index contributed by atoms with van der Waals surface area (Å²) in [5, 5.41) is 22.6. The molecule has 1 aliphatic rings. The number of amides is 1. The predicted octanol–water partition coefficient (Wildman–Crippen LogP) is 5.45. The molecule has 0 bridgehead atoms. The second kappa shape index (κ2) is 8.44. The topological polar surface area (TPSA) is 114 Å². The van der Waals surface area contributed by atoms with Gasteiger partial charge < -0.3 is 5.11 Å². The molecule has 0 aliphatic carbocycles. The fourth-order valence-corrected chi connectivity index (χ4v) is 5.20. The van der Waals surface area contributed by atoms with Gasteiger partial charge >= 0.3 is 5.91 Å². The number of hydrogen-bond donors (Lipinski definition) is 1. The van der Waals surface area contributed by atoms with E-state index in [0.29, 0.717) is 21.8 Å². The molecule has 1 amide bonds. The summed E-state index contributed by atoms with van der Waals surface area (Å²) in [5.41, 5.74) is 3.29. The number of carbonyl (C=O) groups is 2. The number of nitro benzene ring substituents is 1. The number of thiazole rings is 1. The first-order valence-corrected chi connectivity index (χ1v) is 11.6. The zero-order valence-electron chi connectivity index (χ0n) is 18.8. The summed E-state index contributed by atoms with van der Waals surface area (Å²) in [7, 11) is 0. The van der Waals surface area contributed by atoms with Crippen molar-refractivity contribution in [3.63, 3.8) is 0 Å². The SMILES string of the molecule is Cc1ccc(/C(O)=C2\C(=O)C(=O)N(c3nc4ccc(C)cc4s3)[C@@H]2c2ccc([N+](=O)[O-])cc2)cc1. The van der Waals surface area contributed by atoms with Crippen LogP contribution in [0.4, 0.5) is 10.8 Å². The van der Waals surface area contributed by atoms with Gasteiger partial charge in [-0.05, 0) is 49.2 Å². The van der Waals surface area contributed by atoms with E-state index in [1.54, 1.807) is 24.3 Å². The summed E-state index contributed by atoms with van der Waals surface area (Å²) in [6.07, 6.45) is 0. The minimum atomic E-state index is -1.00. The highest BCUT2D eigenvalue weighted by Crippen LogP contribution is 2.44. The zero-order chi connectivity index (χ0) is 24.9. The van der Waals surface area contributed by atoms with Crippen LogP contribution >= 0.6 is 11.3 Å². The van der Waals surface area contributed by atoms with Crippen molar-refractivity contribution in [2.45, 2.75) is 19.9 Å². The predicted molar refractivity (Wildman–Crippen MR) is 133 cm³/mol. The van der Waals surface area contributed by atoms with E-state index in [9.17, 15) is 24.8 Å². The number of aliphatic hydroxyl groups is 1. The Balaban J connectivity index is 1.72. The Morgan fingerprint density at radius 3 is 2.31 bits per heavy atom. The number of non-ortho nitro benzene ring substituents is 1. The summed E-state index contributed by atoms with van der Waals surface area (Å²) in [6, 6.07) is 17.2. The van der Waals surface area contributed by atoms with Gasteiger partial charge in [0.05, 0.1) is 26.8 Å². The van der Waals surface area contributed by atoms with Gasteiger partial charge in [-0.15, -0.1) is 0 Å². The molecule has 1 saturated heterocycles. The molecule has 35 heavy (non-hydrogen) atoms. The molecule has 0 radical (unpaired) electrons. The Labute approximate surface area is 203 Å². The highest BCUT2D eigenvalue weighted by atomic mass is 32.1. The molecule has 0 saturated carbocycles. The van der Waals surface area contributed by atoms with Crippen LogP contribution in [-0.4, -0.2) is 26.7 Å². The molecule has 174 valence electrons. The van der Waals surface area contributed by atoms with E-state index in [4.69, 9.17) is 0 Å². The average Bonchev–Trinajstić information content (AvgIpc) is 3.37. The molecule has 3 aromatic carbocycles. The number of aryl methyl sites for hydroxylation is 2. The van der Waals surface area contributed by atoms with Crippen LogP contribution in [-0.2, 0) is 9.59 Å². The van der Waals surface area contributed by atoms with E-state index in [0.717, 1.165) is 15.8 Å². The molecule has 2 heterocycles. The molecule has 0 unspecified atom stereocenters. The van der Waals surface area contributed by atoms with Crippen molar-refractivity contribution >= 4 is 49.8 Å². The fourth-order valence-electron chi connectivity index (χ4n) is 4.11. The first-order chi connectivity index (χ1) is 16.7. The smallest absolute Gasteiger partial charge is 0.301 e.